The number of carbonyl (C=O) groups excluding carboxylic acids is 4. The van der Waals surface area contributed by atoms with Crippen LogP contribution in [-0.2, 0) is 24.4 Å². The van der Waals surface area contributed by atoms with E-state index in [1.165, 1.54) is 31.1 Å². The van der Waals surface area contributed by atoms with Gasteiger partial charge in [0.05, 0.1) is 30.6 Å². The van der Waals surface area contributed by atoms with Crippen LogP contribution in [0.25, 0.3) is 0 Å². The van der Waals surface area contributed by atoms with Crippen molar-refractivity contribution in [1.29, 1.82) is 0 Å². The number of amides is 5. The van der Waals surface area contributed by atoms with Crippen LogP contribution in [-0.4, -0.2) is 78.5 Å². The molecule has 270 valence electrons. The van der Waals surface area contributed by atoms with E-state index in [4.69, 9.17) is 21.0 Å². The summed E-state index contributed by atoms with van der Waals surface area (Å²) in [5.41, 5.74) is 0.523. The summed E-state index contributed by atoms with van der Waals surface area (Å²) in [4.78, 5) is 73.6. The van der Waals surface area contributed by atoms with Crippen molar-refractivity contribution in [1.82, 2.24) is 19.7 Å². The van der Waals surface area contributed by atoms with E-state index in [1.807, 2.05) is 22.6 Å². The van der Waals surface area contributed by atoms with Gasteiger partial charge in [0.15, 0.2) is 12.4 Å². The molecule has 3 aliphatic rings. The summed E-state index contributed by atoms with van der Waals surface area (Å²) in [5.74, 6) is -1.04. The van der Waals surface area contributed by atoms with Crippen LogP contribution in [0.15, 0.2) is 46.4 Å². The zero-order valence-corrected chi connectivity index (χ0v) is 30.2. The van der Waals surface area contributed by atoms with Crippen molar-refractivity contribution in [2.75, 3.05) is 35.4 Å². The van der Waals surface area contributed by atoms with Gasteiger partial charge < -0.3 is 14.6 Å². The van der Waals surface area contributed by atoms with Crippen LogP contribution in [0.3, 0.4) is 0 Å². The molecule has 0 radical (unpaired) electrons. The van der Waals surface area contributed by atoms with Gasteiger partial charge in [-0.3, -0.25) is 24.6 Å². The van der Waals surface area contributed by atoms with Crippen LogP contribution in [0.1, 0.15) is 41.9 Å². The van der Waals surface area contributed by atoms with Crippen molar-refractivity contribution in [3.63, 3.8) is 0 Å². The van der Waals surface area contributed by atoms with Crippen molar-refractivity contribution in [2.24, 2.45) is 0 Å². The van der Waals surface area contributed by atoms with E-state index in [9.17, 15) is 36.8 Å². The van der Waals surface area contributed by atoms with Gasteiger partial charge in [0.25, 0.3) is 27.7 Å². The van der Waals surface area contributed by atoms with Crippen LogP contribution >= 0.6 is 22.6 Å². The first-order chi connectivity index (χ1) is 24.6. The number of imide groups is 1. The number of terminal acetylenes is 1. The van der Waals surface area contributed by atoms with Crippen LogP contribution in [0, 0.1) is 28.7 Å². The lowest BCUT2D eigenvalue weighted by atomic mass is 9.93. The van der Waals surface area contributed by atoms with Gasteiger partial charge in [0.2, 0.25) is 5.95 Å². The molecule has 2 aromatic carbocycles. The summed E-state index contributed by atoms with van der Waals surface area (Å²) in [6, 6.07) is 4.83. The van der Waals surface area contributed by atoms with E-state index in [-0.39, 0.29) is 54.0 Å². The minimum atomic E-state index is -4.45. The molecule has 0 bridgehead atoms. The third kappa shape index (κ3) is 7.79. The SMILES string of the molecule is C#CCN1C(=O)COc2cc(F)c(N3C(=O)C4=C(CCCC4)C3=O)cc21.COc1nc(C)nc(NC(=O)NS(=O)(=O)c2cc(I)ccc2C(=O)O)n1. The number of carboxylic acid groups (broad SMARTS) is 1. The molecule has 52 heavy (non-hydrogen) atoms. The number of aromatic nitrogens is 3. The number of sulfonamides is 1. The first kappa shape index (κ1) is 37.6. The summed E-state index contributed by atoms with van der Waals surface area (Å²) in [5, 5.41) is 11.3. The number of aryl methyl sites for hydroxylation is 1. The third-order valence-corrected chi connectivity index (χ3v) is 9.72. The minimum absolute atomic E-state index is 0.0170. The Morgan fingerprint density at radius 1 is 1.08 bits per heavy atom. The number of hydrogen-bond acceptors (Lipinski definition) is 12. The van der Waals surface area contributed by atoms with Gasteiger partial charge in [-0.2, -0.15) is 15.0 Å². The Bertz CT molecular complexity index is 2200. The number of hydrogen-bond donors (Lipinski definition) is 3. The van der Waals surface area contributed by atoms with Crippen LogP contribution in [0.4, 0.5) is 26.5 Å². The van der Waals surface area contributed by atoms with Gasteiger partial charge in [-0.15, -0.1) is 6.42 Å². The van der Waals surface area contributed by atoms with Gasteiger partial charge in [0.1, 0.15) is 16.5 Å². The molecule has 20 heteroatoms. The standard InChI is InChI=1S/C19H15FN2O4.C13H12IN5O6S/c1-2-7-21-15-9-14(13(20)8-16(15)26-10-17(21)23)22-18(24)11-5-3-4-6-12(11)19(22)25;1-6-15-11(18-13(16-6)25-2)17-12(22)19-26(23,24)9-5-7(14)3-4-8(9)10(20)21/h1,8-9H,3-7,10H2;3-5H,1-2H3,(H,20,21)(H2,15,16,17,18,19,22). The number of aromatic carboxylic acids is 1. The number of methoxy groups -OCH3 is 1. The molecule has 3 heterocycles. The van der Waals surface area contributed by atoms with Crippen LogP contribution in [0.5, 0.6) is 11.8 Å². The van der Waals surface area contributed by atoms with Gasteiger partial charge >= 0.3 is 18.0 Å². The fourth-order valence-corrected chi connectivity index (χ4v) is 7.24. The van der Waals surface area contributed by atoms with E-state index >= 15 is 0 Å². The Morgan fingerprint density at radius 2 is 1.75 bits per heavy atom. The van der Waals surface area contributed by atoms with E-state index in [2.05, 4.69) is 26.2 Å². The first-order valence-corrected chi connectivity index (χ1v) is 17.7. The van der Waals surface area contributed by atoms with Crippen LogP contribution < -0.4 is 29.3 Å². The maximum absolute atomic E-state index is 14.7. The largest absolute Gasteiger partial charge is 0.481 e. The second kappa shape index (κ2) is 15.3. The quantitative estimate of drug-likeness (QED) is 0.177. The molecule has 2 aliphatic heterocycles. The molecule has 5 amide bonds. The zero-order chi connectivity index (χ0) is 37.9. The number of benzene rings is 2. The second-order valence-corrected chi connectivity index (χ2v) is 13.9. The monoisotopic (exact) mass is 847 g/mol. The highest BCUT2D eigenvalue weighted by Gasteiger charge is 2.41. The van der Waals surface area contributed by atoms with Crippen LogP contribution in [0.2, 0.25) is 0 Å². The molecule has 0 unspecified atom stereocenters. The number of urea groups is 1. The van der Waals surface area contributed by atoms with E-state index in [0.717, 1.165) is 35.9 Å². The van der Waals surface area contributed by atoms with Crippen molar-refractivity contribution in [3.05, 3.63) is 62.3 Å². The molecule has 3 aromatic rings. The highest BCUT2D eigenvalue weighted by Crippen LogP contribution is 2.41. The molecule has 3 N–H and O–H groups in total. The number of carboxylic acids is 1. The predicted octanol–water partition coefficient (Wildman–Crippen LogP) is 2.93. The first-order valence-electron chi connectivity index (χ1n) is 15.1. The maximum atomic E-state index is 14.7. The smallest absolute Gasteiger partial charge is 0.337 e. The number of fused-ring (bicyclic) bond motifs is 1. The molecule has 0 saturated carbocycles. The van der Waals surface area contributed by atoms with Crippen molar-refractivity contribution in [2.45, 2.75) is 37.5 Å². The Kier molecular flexibility index (Phi) is 11.0. The van der Waals surface area contributed by atoms with E-state index in [1.54, 1.807) is 4.72 Å². The summed E-state index contributed by atoms with van der Waals surface area (Å²) < 4.78 is 51.7. The van der Waals surface area contributed by atoms with E-state index < -0.39 is 50.1 Å². The number of rotatable bonds is 7. The van der Waals surface area contributed by atoms with Gasteiger partial charge in [-0.25, -0.2) is 32.0 Å². The Balaban J connectivity index is 0.000000201. The van der Waals surface area contributed by atoms with Gasteiger partial charge in [-0.1, -0.05) is 5.92 Å². The molecule has 0 atom stereocenters. The number of carbonyl (C=O) groups is 5. The molecule has 0 fully saturated rings. The third-order valence-electron chi connectivity index (χ3n) is 7.68. The fraction of sp³-hybridized carbons (Fsp3) is 0.250. The molecule has 6 rings (SSSR count). The molecule has 17 nitrogen and oxygen atoms in total. The fourth-order valence-electron chi connectivity index (χ4n) is 5.41. The van der Waals surface area contributed by atoms with Gasteiger partial charge in [0, 0.05) is 20.8 Å². The summed E-state index contributed by atoms with van der Waals surface area (Å²) in [6.07, 6.45) is 8.01. The normalized spacial score (nSPS) is 15.1. The van der Waals surface area contributed by atoms with Crippen molar-refractivity contribution < 1.29 is 51.4 Å². The number of nitrogens with one attached hydrogen (secondary N) is 2. The second-order valence-electron chi connectivity index (χ2n) is 11.1. The average molecular weight is 848 g/mol. The number of nitrogens with zero attached hydrogens (tertiary/aromatic N) is 5. The lowest BCUT2D eigenvalue weighted by Crippen LogP contribution is -2.39. The maximum Gasteiger partial charge on any atom is 0.337 e. The summed E-state index contributed by atoms with van der Waals surface area (Å²) in [6.45, 7) is 1.26. The number of ether oxygens (including phenoxy) is 2. The summed E-state index contributed by atoms with van der Waals surface area (Å²) in [7, 11) is -3.14. The molecule has 1 aliphatic carbocycles. The highest BCUT2D eigenvalue weighted by atomic mass is 127. The predicted molar refractivity (Wildman–Crippen MR) is 188 cm³/mol. The molecule has 1 aromatic heterocycles. The lowest BCUT2D eigenvalue weighted by Gasteiger charge is -2.29. The zero-order valence-electron chi connectivity index (χ0n) is 27.2. The molecule has 0 spiro atoms. The molecule has 0 saturated heterocycles. The van der Waals surface area contributed by atoms with Crippen molar-refractivity contribution in [3.8, 4) is 24.1 Å². The number of halogens is 2. The Morgan fingerprint density at radius 3 is 2.37 bits per heavy atom. The van der Waals surface area contributed by atoms with E-state index in [0.29, 0.717) is 27.6 Å². The van der Waals surface area contributed by atoms with Gasteiger partial charge in [-0.05, 0) is 79.5 Å². The average Bonchev–Trinajstić information content (AvgIpc) is 3.34. The number of anilines is 3. The highest BCUT2D eigenvalue weighted by molar-refractivity contribution is 14.1. The molecular formula is C32H27FIN7O10S. The lowest BCUT2D eigenvalue weighted by molar-refractivity contribution is -0.121. The Hall–Kier alpha value is -5.69. The summed E-state index contributed by atoms with van der Waals surface area (Å²) >= 11 is 1.82. The minimum Gasteiger partial charge on any atom is -0.481 e. The Labute approximate surface area is 308 Å². The molecular weight excluding hydrogens is 820 g/mol. The topological polar surface area (TPSA) is 227 Å². The van der Waals surface area contributed by atoms with Crippen molar-refractivity contribution >= 4 is 79.7 Å².